The zero-order valence-electron chi connectivity index (χ0n) is 13.9. The minimum Gasteiger partial charge on any atom is -0.258 e. The fraction of sp³-hybridized carbons (Fsp3) is 0.0526. The maximum absolute atomic E-state index is 11.3. The van der Waals surface area contributed by atoms with Crippen molar-refractivity contribution in [1.82, 2.24) is 9.97 Å². The molecule has 0 N–H and O–H groups in total. The average Bonchev–Trinajstić information content (AvgIpc) is 2.67. The molecule has 0 radical (unpaired) electrons. The lowest BCUT2D eigenvalue weighted by molar-refractivity contribution is -0.394. The zero-order valence-corrected chi connectivity index (χ0v) is 13.9. The zero-order chi connectivity index (χ0) is 19.0. The molecule has 0 saturated heterocycles. The highest BCUT2D eigenvalue weighted by Crippen LogP contribution is 2.28. The molecule has 0 aliphatic heterocycles. The molecule has 0 amide bonds. The fourth-order valence-corrected chi connectivity index (χ4v) is 3.04. The van der Waals surface area contributed by atoms with Gasteiger partial charge >= 0.3 is 0 Å². The molecular weight excluding hydrogens is 348 g/mol. The Balaban J connectivity index is 1.81. The molecule has 0 saturated carbocycles. The largest absolute Gasteiger partial charge is 0.279 e. The van der Waals surface area contributed by atoms with E-state index in [9.17, 15) is 20.2 Å². The second kappa shape index (κ2) is 6.41. The first-order valence-electron chi connectivity index (χ1n) is 8.08. The van der Waals surface area contributed by atoms with Gasteiger partial charge in [0.15, 0.2) is 0 Å². The normalized spacial score (nSPS) is 11.0. The van der Waals surface area contributed by atoms with Gasteiger partial charge in [0.05, 0.1) is 26.9 Å². The summed E-state index contributed by atoms with van der Waals surface area (Å²) in [6.45, 7) is 0. The molecule has 0 fully saturated rings. The van der Waals surface area contributed by atoms with Gasteiger partial charge in [-0.1, -0.05) is 24.3 Å². The molecule has 4 rings (SSSR count). The summed E-state index contributed by atoms with van der Waals surface area (Å²) in [5.41, 5.74) is 1.86. The SMILES string of the molecule is O=[N+]([O-])c1ccc(Cc2ccc3ccc4cccnc4c3n2)c([N+](=O)[O-])c1. The number of nitro groups is 2. The van der Waals surface area contributed by atoms with Gasteiger partial charge in [0.25, 0.3) is 11.4 Å². The van der Waals surface area contributed by atoms with Gasteiger partial charge < -0.3 is 0 Å². The van der Waals surface area contributed by atoms with E-state index >= 15 is 0 Å². The van der Waals surface area contributed by atoms with E-state index in [4.69, 9.17) is 0 Å². The van der Waals surface area contributed by atoms with E-state index in [2.05, 4.69) is 9.97 Å². The Labute approximate surface area is 152 Å². The number of non-ortho nitro benzene ring substituents is 1. The number of hydrogen-bond donors (Lipinski definition) is 0. The molecule has 2 aromatic carbocycles. The monoisotopic (exact) mass is 360 g/mol. The van der Waals surface area contributed by atoms with E-state index in [0.29, 0.717) is 11.3 Å². The van der Waals surface area contributed by atoms with Crippen molar-refractivity contribution >= 4 is 33.2 Å². The van der Waals surface area contributed by atoms with Crippen LogP contribution in [0.2, 0.25) is 0 Å². The van der Waals surface area contributed by atoms with Crippen molar-refractivity contribution in [3.8, 4) is 0 Å². The average molecular weight is 360 g/mol. The van der Waals surface area contributed by atoms with E-state index in [1.807, 2.05) is 30.3 Å². The number of pyridine rings is 2. The van der Waals surface area contributed by atoms with Gasteiger partial charge in [-0.05, 0) is 18.2 Å². The second-order valence-electron chi connectivity index (χ2n) is 6.02. The Morgan fingerprint density at radius 2 is 1.59 bits per heavy atom. The van der Waals surface area contributed by atoms with Gasteiger partial charge in [0.1, 0.15) is 0 Å². The van der Waals surface area contributed by atoms with Crippen LogP contribution < -0.4 is 0 Å². The molecule has 132 valence electrons. The standard InChI is InChI=1S/C19H12N4O4/c24-22(25)16-8-6-14(17(11-16)23(26)27)10-15-7-5-13-4-3-12-2-1-9-20-18(12)19(13)21-15/h1-9,11H,10H2. The maximum Gasteiger partial charge on any atom is 0.279 e. The van der Waals surface area contributed by atoms with E-state index in [0.717, 1.165) is 27.9 Å². The quantitative estimate of drug-likeness (QED) is 0.306. The van der Waals surface area contributed by atoms with Crippen molar-refractivity contribution < 1.29 is 9.85 Å². The number of hydrogen-bond acceptors (Lipinski definition) is 6. The molecule has 0 unspecified atom stereocenters. The number of nitrogens with zero attached hydrogens (tertiary/aromatic N) is 4. The number of rotatable bonds is 4. The summed E-state index contributed by atoms with van der Waals surface area (Å²) in [5.74, 6) is 0. The van der Waals surface area contributed by atoms with E-state index < -0.39 is 9.85 Å². The molecule has 2 aromatic heterocycles. The van der Waals surface area contributed by atoms with Gasteiger partial charge in [0.2, 0.25) is 0 Å². The minimum absolute atomic E-state index is 0.188. The van der Waals surface area contributed by atoms with Gasteiger partial charge in [-0.15, -0.1) is 0 Å². The predicted molar refractivity (Wildman–Crippen MR) is 99.6 cm³/mol. The topological polar surface area (TPSA) is 112 Å². The van der Waals surface area contributed by atoms with Crippen molar-refractivity contribution in [3.05, 3.63) is 92.3 Å². The Morgan fingerprint density at radius 3 is 2.33 bits per heavy atom. The molecular formula is C19H12N4O4. The molecule has 27 heavy (non-hydrogen) atoms. The molecule has 4 aromatic rings. The Hall–Kier alpha value is -3.94. The molecule has 0 aliphatic carbocycles. The first kappa shape index (κ1) is 16.5. The number of aromatic nitrogens is 2. The van der Waals surface area contributed by atoms with Gasteiger partial charge in [-0.25, -0.2) is 0 Å². The van der Waals surface area contributed by atoms with E-state index in [1.165, 1.54) is 12.1 Å². The molecule has 2 heterocycles. The highest BCUT2D eigenvalue weighted by atomic mass is 16.6. The maximum atomic E-state index is 11.3. The Bertz CT molecular complexity index is 1220. The van der Waals surface area contributed by atoms with Gasteiger partial charge in [0, 0.05) is 40.7 Å². The third kappa shape index (κ3) is 3.04. The summed E-state index contributed by atoms with van der Waals surface area (Å²) < 4.78 is 0. The third-order valence-corrected chi connectivity index (χ3v) is 4.34. The molecule has 0 aliphatic rings. The van der Waals surface area contributed by atoms with Crippen molar-refractivity contribution in [3.63, 3.8) is 0 Å². The summed E-state index contributed by atoms with van der Waals surface area (Å²) in [4.78, 5) is 30.0. The van der Waals surface area contributed by atoms with Gasteiger partial charge in [-0.2, -0.15) is 0 Å². The summed E-state index contributed by atoms with van der Waals surface area (Å²) in [7, 11) is 0. The fourth-order valence-electron chi connectivity index (χ4n) is 3.04. The smallest absolute Gasteiger partial charge is 0.258 e. The highest BCUT2D eigenvalue weighted by molar-refractivity contribution is 6.02. The van der Waals surface area contributed by atoms with Crippen LogP contribution in [-0.2, 0) is 6.42 Å². The molecule has 8 heteroatoms. The van der Waals surface area contributed by atoms with E-state index in [-0.39, 0.29) is 17.8 Å². The predicted octanol–water partition coefficient (Wildman–Crippen LogP) is 4.19. The van der Waals surface area contributed by atoms with Crippen LogP contribution in [0.15, 0.2) is 60.8 Å². The van der Waals surface area contributed by atoms with Crippen LogP contribution in [0.1, 0.15) is 11.3 Å². The van der Waals surface area contributed by atoms with Crippen LogP contribution in [0, 0.1) is 20.2 Å². The lowest BCUT2D eigenvalue weighted by atomic mass is 10.0. The van der Waals surface area contributed by atoms with Crippen LogP contribution in [0.4, 0.5) is 11.4 Å². The summed E-state index contributed by atoms with van der Waals surface area (Å²) in [5, 5.41) is 24.1. The highest BCUT2D eigenvalue weighted by Gasteiger charge is 2.20. The Kier molecular flexibility index (Phi) is 3.92. The van der Waals surface area contributed by atoms with Gasteiger partial charge in [-0.3, -0.25) is 30.2 Å². The molecule has 0 bridgehead atoms. The summed E-state index contributed by atoms with van der Waals surface area (Å²) >= 11 is 0. The van der Waals surface area contributed by atoms with Crippen molar-refractivity contribution in [2.45, 2.75) is 6.42 Å². The minimum atomic E-state index is -0.650. The first-order chi connectivity index (χ1) is 13.0. The number of nitro benzene ring substituents is 2. The first-order valence-corrected chi connectivity index (χ1v) is 8.08. The van der Waals surface area contributed by atoms with Crippen LogP contribution in [0.5, 0.6) is 0 Å². The van der Waals surface area contributed by atoms with Crippen molar-refractivity contribution in [2.24, 2.45) is 0 Å². The molecule has 8 nitrogen and oxygen atoms in total. The van der Waals surface area contributed by atoms with Crippen LogP contribution >= 0.6 is 0 Å². The summed E-state index contributed by atoms with van der Waals surface area (Å²) in [6, 6.07) is 15.0. The second-order valence-corrected chi connectivity index (χ2v) is 6.02. The van der Waals surface area contributed by atoms with E-state index in [1.54, 1.807) is 12.3 Å². The lowest BCUT2D eigenvalue weighted by Crippen LogP contribution is -2.00. The number of fused-ring (bicyclic) bond motifs is 3. The van der Waals surface area contributed by atoms with Crippen molar-refractivity contribution in [1.29, 1.82) is 0 Å². The van der Waals surface area contributed by atoms with Crippen molar-refractivity contribution in [2.75, 3.05) is 0 Å². The van der Waals surface area contributed by atoms with Crippen LogP contribution in [0.25, 0.3) is 21.8 Å². The summed E-state index contributed by atoms with van der Waals surface area (Å²) in [6.07, 6.45) is 1.88. The third-order valence-electron chi connectivity index (χ3n) is 4.34. The molecule has 0 spiro atoms. The van der Waals surface area contributed by atoms with Crippen LogP contribution in [-0.4, -0.2) is 19.8 Å². The molecule has 0 atom stereocenters. The number of benzene rings is 2. The van der Waals surface area contributed by atoms with Crippen LogP contribution in [0.3, 0.4) is 0 Å². The lowest BCUT2D eigenvalue weighted by Gasteiger charge is -2.06. The Morgan fingerprint density at radius 1 is 0.852 bits per heavy atom.